The Kier molecular flexibility index (Phi) is 5.22. The van der Waals surface area contributed by atoms with E-state index in [2.05, 4.69) is 15.5 Å². The van der Waals surface area contributed by atoms with Crippen molar-refractivity contribution in [3.8, 4) is 11.1 Å². The van der Waals surface area contributed by atoms with Crippen molar-refractivity contribution in [2.75, 3.05) is 5.32 Å². The fourth-order valence-corrected chi connectivity index (χ4v) is 3.47. The molecule has 4 rings (SSSR count). The first-order valence-electron chi connectivity index (χ1n) is 9.44. The van der Waals surface area contributed by atoms with Gasteiger partial charge in [-0.25, -0.2) is 8.91 Å². The number of aryl methyl sites for hydroxylation is 1. The van der Waals surface area contributed by atoms with Gasteiger partial charge in [-0.15, -0.1) is 10.2 Å². The quantitative estimate of drug-likeness (QED) is 0.485. The lowest BCUT2D eigenvalue weighted by Crippen LogP contribution is -2.18. The topological polar surface area (TPSA) is 72.2 Å². The molecule has 4 aromatic rings. The molecule has 0 fully saturated rings. The minimum atomic E-state index is -0.445. The van der Waals surface area contributed by atoms with Crippen LogP contribution in [0.25, 0.3) is 16.8 Å². The highest BCUT2D eigenvalue weighted by molar-refractivity contribution is 6.30. The maximum Gasteiger partial charge on any atom is 0.278 e. The summed E-state index contributed by atoms with van der Waals surface area (Å²) >= 11 is 6.19. The number of halogens is 2. The summed E-state index contributed by atoms with van der Waals surface area (Å²) in [5, 5.41) is 16.5. The molecule has 0 saturated carbocycles. The summed E-state index contributed by atoms with van der Waals surface area (Å²) in [6.07, 6.45) is 0. The Balaban J connectivity index is 1.81. The molecule has 0 bridgehead atoms. The number of anilines is 1. The van der Waals surface area contributed by atoms with E-state index in [-0.39, 0.29) is 17.4 Å². The number of nitrogens with zero attached hydrogens (tertiary/aromatic N) is 4. The fourth-order valence-electron chi connectivity index (χ4n) is 3.28. The molecule has 0 aliphatic rings. The molecule has 0 atom stereocenters. The molecular formula is C22H19ClFN5O. The summed E-state index contributed by atoms with van der Waals surface area (Å²) in [4.78, 5) is 12.7. The number of nitrogens with one attached hydrogen (secondary N) is 1. The molecule has 0 saturated heterocycles. The van der Waals surface area contributed by atoms with Crippen LogP contribution in [0.1, 0.15) is 41.6 Å². The van der Waals surface area contributed by atoms with Gasteiger partial charge in [-0.3, -0.25) is 4.79 Å². The molecule has 1 amide bonds. The highest BCUT2D eigenvalue weighted by Gasteiger charge is 2.23. The predicted octanol–water partition coefficient (Wildman–Crippen LogP) is 5.27. The van der Waals surface area contributed by atoms with E-state index in [1.807, 2.05) is 32.0 Å². The van der Waals surface area contributed by atoms with Gasteiger partial charge >= 0.3 is 0 Å². The van der Waals surface area contributed by atoms with E-state index in [0.717, 1.165) is 16.8 Å². The Morgan fingerprint density at radius 3 is 2.53 bits per heavy atom. The van der Waals surface area contributed by atoms with Gasteiger partial charge in [0.15, 0.2) is 11.3 Å². The van der Waals surface area contributed by atoms with Gasteiger partial charge in [-0.05, 0) is 54.8 Å². The number of carbonyl (C=O) groups excluding carboxylic acids is 1. The SMILES string of the molecule is Cc1c(C(=O)Nc2ccc(F)cc2)nnc2c(-c3cccc(Cl)c3)c(C(C)C)nn12. The molecule has 2 aromatic carbocycles. The van der Waals surface area contributed by atoms with Crippen molar-refractivity contribution in [2.24, 2.45) is 0 Å². The molecular weight excluding hydrogens is 405 g/mol. The average molecular weight is 424 g/mol. The monoisotopic (exact) mass is 423 g/mol. The third-order valence-corrected chi connectivity index (χ3v) is 5.01. The molecule has 0 unspecified atom stereocenters. The van der Waals surface area contributed by atoms with E-state index in [1.54, 1.807) is 17.5 Å². The van der Waals surface area contributed by atoms with Gasteiger partial charge in [0.2, 0.25) is 0 Å². The molecule has 1 N–H and O–H groups in total. The minimum Gasteiger partial charge on any atom is -0.321 e. The number of aromatic nitrogens is 4. The van der Waals surface area contributed by atoms with E-state index in [0.29, 0.717) is 22.1 Å². The van der Waals surface area contributed by atoms with Gasteiger partial charge in [-0.2, -0.15) is 5.10 Å². The summed E-state index contributed by atoms with van der Waals surface area (Å²) in [6.45, 7) is 5.85. The zero-order chi connectivity index (χ0) is 21.4. The summed E-state index contributed by atoms with van der Waals surface area (Å²) in [6, 6.07) is 13.0. The maximum absolute atomic E-state index is 13.1. The number of amides is 1. The van der Waals surface area contributed by atoms with Crippen molar-refractivity contribution in [1.29, 1.82) is 0 Å². The van der Waals surface area contributed by atoms with Crippen molar-refractivity contribution in [2.45, 2.75) is 26.7 Å². The summed E-state index contributed by atoms with van der Waals surface area (Å²) in [5.74, 6) is -0.701. The molecule has 0 spiro atoms. The normalized spacial score (nSPS) is 11.3. The highest BCUT2D eigenvalue weighted by atomic mass is 35.5. The molecule has 152 valence electrons. The van der Waals surface area contributed by atoms with Gasteiger partial charge in [-0.1, -0.05) is 37.6 Å². The highest BCUT2D eigenvalue weighted by Crippen LogP contribution is 2.33. The number of hydrogen-bond acceptors (Lipinski definition) is 4. The van der Waals surface area contributed by atoms with E-state index in [4.69, 9.17) is 16.7 Å². The van der Waals surface area contributed by atoms with Gasteiger partial charge in [0.25, 0.3) is 5.91 Å². The van der Waals surface area contributed by atoms with Crippen molar-refractivity contribution < 1.29 is 9.18 Å². The van der Waals surface area contributed by atoms with Crippen LogP contribution in [0.2, 0.25) is 5.02 Å². The Morgan fingerprint density at radius 1 is 1.13 bits per heavy atom. The average Bonchev–Trinajstić information content (AvgIpc) is 3.11. The van der Waals surface area contributed by atoms with Crippen molar-refractivity contribution in [1.82, 2.24) is 19.8 Å². The summed E-state index contributed by atoms with van der Waals surface area (Å²) in [5.41, 5.74) is 4.28. The minimum absolute atomic E-state index is 0.122. The van der Waals surface area contributed by atoms with E-state index in [1.165, 1.54) is 24.3 Å². The predicted molar refractivity (Wildman–Crippen MR) is 114 cm³/mol. The standard InChI is InChI=1S/C22H19ClFN5O/c1-12(2)19-18(14-5-4-6-15(23)11-14)21-27-26-20(13(3)29(21)28-19)22(30)25-17-9-7-16(24)8-10-17/h4-12H,1-3H3,(H,25,30). The number of carbonyl (C=O) groups is 1. The van der Waals surface area contributed by atoms with Crippen LogP contribution in [0, 0.1) is 12.7 Å². The Bertz CT molecular complexity index is 1250. The van der Waals surface area contributed by atoms with Crippen LogP contribution < -0.4 is 5.32 Å². The fraction of sp³-hybridized carbons (Fsp3) is 0.182. The lowest BCUT2D eigenvalue weighted by atomic mass is 10.00. The zero-order valence-electron chi connectivity index (χ0n) is 16.6. The van der Waals surface area contributed by atoms with Gasteiger partial charge in [0.1, 0.15) is 5.82 Å². The van der Waals surface area contributed by atoms with Gasteiger partial charge in [0, 0.05) is 10.7 Å². The van der Waals surface area contributed by atoms with Crippen LogP contribution in [0.5, 0.6) is 0 Å². The van der Waals surface area contributed by atoms with Crippen molar-refractivity contribution in [3.05, 3.63) is 76.5 Å². The van der Waals surface area contributed by atoms with Gasteiger partial charge < -0.3 is 5.32 Å². The number of hydrogen-bond donors (Lipinski definition) is 1. The number of fused-ring (bicyclic) bond motifs is 1. The molecule has 8 heteroatoms. The first kappa shape index (κ1) is 20.0. The second kappa shape index (κ2) is 7.84. The van der Waals surface area contributed by atoms with Crippen LogP contribution in [-0.4, -0.2) is 25.7 Å². The number of benzene rings is 2. The molecule has 0 radical (unpaired) electrons. The zero-order valence-corrected chi connectivity index (χ0v) is 17.4. The molecule has 0 aliphatic heterocycles. The third-order valence-electron chi connectivity index (χ3n) is 4.77. The third kappa shape index (κ3) is 3.64. The van der Waals surface area contributed by atoms with Crippen LogP contribution in [0.15, 0.2) is 48.5 Å². The Morgan fingerprint density at radius 2 is 1.87 bits per heavy atom. The van der Waals surface area contributed by atoms with Crippen LogP contribution in [-0.2, 0) is 0 Å². The largest absolute Gasteiger partial charge is 0.321 e. The Labute approximate surface area is 177 Å². The summed E-state index contributed by atoms with van der Waals surface area (Å²) in [7, 11) is 0. The molecule has 6 nitrogen and oxygen atoms in total. The lowest BCUT2D eigenvalue weighted by Gasteiger charge is -2.08. The molecule has 2 aromatic heterocycles. The first-order chi connectivity index (χ1) is 14.3. The van der Waals surface area contributed by atoms with Crippen LogP contribution in [0.4, 0.5) is 10.1 Å². The summed E-state index contributed by atoms with van der Waals surface area (Å²) < 4.78 is 14.7. The first-order valence-corrected chi connectivity index (χ1v) is 9.81. The van der Waals surface area contributed by atoms with E-state index in [9.17, 15) is 9.18 Å². The molecule has 0 aliphatic carbocycles. The van der Waals surface area contributed by atoms with Crippen LogP contribution in [0.3, 0.4) is 0 Å². The van der Waals surface area contributed by atoms with Crippen LogP contribution >= 0.6 is 11.6 Å². The lowest BCUT2D eigenvalue weighted by molar-refractivity contribution is 0.102. The molecule has 2 heterocycles. The second-order valence-corrected chi connectivity index (χ2v) is 7.69. The second-order valence-electron chi connectivity index (χ2n) is 7.26. The van der Waals surface area contributed by atoms with E-state index < -0.39 is 5.91 Å². The molecule has 30 heavy (non-hydrogen) atoms. The maximum atomic E-state index is 13.1. The number of rotatable bonds is 4. The van der Waals surface area contributed by atoms with Gasteiger partial charge in [0.05, 0.1) is 17.0 Å². The van der Waals surface area contributed by atoms with Crippen molar-refractivity contribution in [3.63, 3.8) is 0 Å². The van der Waals surface area contributed by atoms with E-state index >= 15 is 0 Å². The Hall–Kier alpha value is -3.32. The van der Waals surface area contributed by atoms with Crippen molar-refractivity contribution >= 4 is 28.8 Å². The smallest absolute Gasteiger partial charge is 0.278 e.